The van der Waals surface area contributed by atoms with Crippen LogP contribution in [0, 0.1) is 0 Å². The maximum Gasteiger partial charge on any atom is 0.138 e. The van der Waals surface area contributed by atoms with Crippen molar-refractivity contribution in [3.63, 3.8) is 0 Å². The highest BCUT2D eigenvalue weighted by Crippen LogP contribution is 2.26. The molecule has 146 valence electrons. The van der Waals surface area contributed by atoms with Crippen LogP contribution in [0.2, 0.25) is 0 Å². The number of fused-ring (bicyclic) bond motifs is 1. The number of hydrogen-bond donors (Lipinski definition) is 1. The van der Waals surface area contributed by atoms with Gasteiger partial charge in [-0.15, -0.1) is 0 Å². The molecule has 1 N–H and O–H groups in total. The van der Waals surface area contributed by atoms with Crippen LogP contribution in [0.15, 0.2) is 91.4 Å². The van der Waals surface area contributed by atoms with E-state index in [1.807, 2.05) is 47.4 Å². The molecular formula is C25H21N5. The minimum Gasteiger partial charge on any atom is -0.340 e. The molecule has 0 unspecified atom stereocenters. The Morgan fingerprint density at radius 1 is 0.900 bits per heavy atom. The molecule has 5 heteroatoms. The molecule has 0 aliphatic heterocycles. The summed E-state index contributed by atoms with van der Waals surface area (Å²) in [6.45, 7) is 2.14. The molecule has 0 fully saturated rings. The first kappa shape index (κ1) is 18.1. The van der Waals surface area contributed by atoms with Crippen LogP contribution < -0.4 is 5.32 Å². The van der Waals surface area contributed by atoms with Gasteiger partial charge in [-0.05, 0) is 60.3 Å². The number of hydrogen-bond acceptors (Lipinski definition) is 4. The topological polar surface area (TPSA) is 55.6 Å². The molecule has 3 heterocycles. The number of aromatic nitrogens is 4. The highest BCUT2D eigenvalue weighted by Gasteiger charge is 2.10. The van der Waals surface area contributed by atoms with Gasteiger partial charge in [0, 0.05) is 40.9 Å². The lowest BCUT2D eigenvalue weighted by Crippen LogP contribution is -2.01. The van der Waals surface area contributed by atoms with E-state index in [-0.39, 0.29) is 0 Å². The second-order valence-corrected chi connectivity index (χ2v) is 7.08. The summed E-state index contributed by atoms with van der Waals surface area (Å²) in [5.74, 6) is 0.855. The lowest BCUT2D eigenvalue weighted by Gasteiger charge is -2.10. The summed E-state index contributed by atoms with van der Waals surface area (Å²) in [6.07, 6.45) is 6.34. The van der Waals surface area contributed by atoms with Gasteiger partial charge in [-0.25, -0.2) is 9.67 Å². The lowest BCUT2D eigenvalue weighted by molar-refractivity contribution is 0.816. The maximum atomic E-state index is 4.82. The molecule has 3 aromatic heterocycles. The van der Waals surface area contributed by atoms with Gasteiger partial charge < -0.3 is 5.32 Å². The SMILES string of the molecule is CCc1cc(-c2cccnc2)nn1-c1ccc(Nc2nccc3ccccc23)cc1. The molecular weight excluding hydrogens is 370 g/mol. The molecule has 5 nitrogen and oxygen atoms in total. The summed E-state index contributed by atoms with van der Waals surface area (Å²) in [5.41, 5.74) is 5.12. The Hall–Kier alpha value is -3.99. The lowest BCUT2D eigenvalue weighted by atomic mass is 10.1. The molecule has 2 aromatic carbocycles. The van der Waals surface area contributed by atoms with Crippen LogP contribution >= 0.6 is 0 Å². The predicted octanol–water partition coefficient (Wildman–Crippen LogP) is 5.79. The zero-order chi connectivity index (χ0) is 20.3. The molecule has 0 amide bonds. The normalized spacial score (nSPS) is 11.0. The van der Waals surface area contributed by atoms with Crippen LogP contribution in [-0.2, 0) is 6.42 Å². The third-order valence-electron chi connectivity index (χ3n) is 5.15. The predicted molar refractivity (Wildman–Crippen MR) is 121 cm³/mol. The van der Waals surface area contributed by atoms with Gasteiger partial charge in [-0.2, -0.15) is 5.10 Å². The van der Waals surface area contributed by atoms with Crippen molar-refractivity contribution in [3.8, 4) is 16.9 Å². The minimum absolute atomic E-state index is 0.855. The van der Waals surface area contributed by atoms with Crippen molar-refractivity contribution in [2.45, 2.75) is 13.3 Å². The Morgan fingerprint density at radius 2 is 1.77 bits per heavy atom. The highest BCUT2D eigenvalue weighted by atomic mass is 15.3. The molecule has 0 saturated heterocycles. The van der Waals surface area contributed by atoms with Crippen LogP contribution in [0.25, 0.3) is 27.7 Å². The Kier molecular flexibility index (Phi) is 4.69. The summed E-state index contributed by atoms with van der Waals surface area (Å²) in [7, 11) is 0. The van der Waals surface area contributed by atoms with Gasteiger partial charge in [-0.1, -0.05) is 31.2 Å². The molecule has 0 aliphatic rings. The fourth-order valence-electron chi connectivity index (χ4n) is 3.59. The maximum absolute atomic E-state index is 4.82. The second-order valence-electron chi connectivity index (χ2n) is 7.08. The first-order valence-corrected chi connectivity index (χ1v) is 10.0. The van der Waals surface area contributed by atoms with Crippen molar-refractivity contribution in [2.24, 2.45) is 0 Å². The third kappa shape index (κ3) is 3.42. The zero-order valence-electron chi connectivity index (χ0n) is 16.7. The van der Waals surface area contributed by atoms with Gasteiger partial charge in [0.1, 0.15) is 5.82 Å². The van der Waals surface area contributed by atoms with Gasteiger partial charge in [0.25, 0.3) is 0 Å². The summed E-state index contributed by atoms with van der Waals surface area (Å²) >= 11 is 0. The molecule has 30 heavy (non-hydrogen) atoms. The molecule has 0 aliphatic carbocycles. The summed E-state index contributed by atoms with van der Waals surface area (Å²) in [6, 6.07) is 24.6. The number of pyridine rings is 2. The van der Waals surface area contributed by atoms with E-state index in [0.29, 0.717) is 0 Å². The van der Waals surface area contributed by atoms with Gasteiger partial charge in [0.05, 0.1) is 11.4 Å². The summed E-state index contributed by atoms with van der Waals surface area (Å²) < 4.78 is 2.00. The van der Waals surface area contributed by atoms with Crippen LogP contribution in [0.3, 0.4) is 0 Å². The molecule has 0 radical (unpaired) electrons. The van der Waals surface area contributed by atoms with Crippen molar-refractivity contribution in [2.75, 3.05) is 5.32 Å². The second kappa shape index (κ2) is 7.79. The van der Waals surface area contributed by atoms with Crippen molar-refractivity contribution >= 4 is 22.3 Å². The van der Waals surface area contributed by atoms with E-state index in [0.717, 1.165) is 46.0 Å². The van der Waals surface area contributed by atoms with Crippen LogP contribution in [0.1, 0.15) is 12.6 Å². The van der Waals surface area contributed by atoms with E-state index < -0.39 is 0 Å². The monoisotopic (exact) mass is 391 g/mol. The van der Waals surface area contributed by atoms with Crippen molar-refractivity contribution in [3.05, 3.63) is 97.1 Å². The van der Waals surface area contributed by atoms with E-state index in [9.17, 15) is 0 Å². The Bertz CT molecular complexity index is 1290. The molecule has 0 spiro atoms. The standard InChI is InChI=1S/C25H21N5/c1-2-21-16-24(19-7-5-14-26-17-19)29-30(21)22-11-9-20(10-12-22)28-25-23-8-4-3-6-18(23)13-15-27-25/h3-17H,2H2,1H3,(H,27,28). The number of benzene rings is 2. The van der Waals surface area contributed by atoms with E-state index in [1.165, 1.54) is 5.39 Å². The molecule has 0 saturated carbocycles. The summed E-state index contributed by atoms with van der Waals surface area (Å²) in [4.78, 5) is 8.72. The number of rotatable bonds is 5. The fraction of sp³-hybridized carbons (Fsp3) is 0.0800. The van der Waals surface area contributed by atoms with Crippen LogP contribution in [0.5, 0.6) is 0 Å². The van der Waals surface area contributed by atoms with Crippen molar-refractivity contribution in [1.82, 2.24) is 19.7 Å². The average Bonchev–Trinajstić information content (AvgIpc) is 3.25. The molecule has 0 atom stereocenters. The molecule has 0 bridgehead atoms. The van der Waals surface area contributed by atoms with Gasteiger partial charge in [0.15, 0.2) is 0 Å². The Labute approximate surface area is 175 Å². The van der Waals surface area contributed by atoms with Gasteiger partial charge in [-0.3, -0.25) is 4.98 Å². The largest absolute Gasteiger partial charge is 0.340 e. The molecule has 5 rings (SSSR count). The number of aryl methyl sites for hydroxylation is 1. The summed E-state index contributed by atoms with van der Waals surface area (Å²) in [5, 5.41) is 10.5. The third-order valence-corrected chi connectivity index (χ3v) is 5.15. The molecule has 5 aromatic rings. The van der Waals surface area contributed by atoms with Gasteiger partial charge in [0.2, 0.25) is 0 Å². The first-order valence-electron chi connectivity index (χ1n) is 10.0. The Morgan fingerprint density at radius 3 is 2.57 bits per heavy atom. The number of nitrogens with one attached hydrogen (secondary N) is 1. The van der Waals surface area contributed by atoms with Crippen LogP contribution in [0.4, 0.5) is 11.5 Å². The highest BCUT2D eigenvalue weighted by molar-refractivity contribution is 5.93. The number of nitrogens with zero attached hydrogens (tertiary/aromatic N) is 4. The van der Waals surface area contributed by atoms with E-state index >= 15 is 0 Å². The van der Waals surface area contributed by atoms with E-state index in [1.54, 1.807) is 6.20 Å². The zero-order valence-corrected chi connectivity index (χ0v) is 16.7. The fourth-order valence-corrected chi connectivity index (χ4v) is 3.59. The smallest absolute Gasteiger partial charge is 0.138 e. The average molecular weight is 391 g/mol. The number of anilines is 2. The quantitative estimate of drug-likeness (QED) is 0.412. The van der Waals surface area contributed by atoms with E-state index in [4.69, 9.17) is 5.10 Å². The Balaban J connectivity index is 1.45. The van der Waals surface area contributed by atoms with E-state index in [2.05, 4.69) is 64.7 Å². The van der Waals surface area contributed by atoms with Crippen molar-refractivity contribution in [1.29, 1.82) is 0 Å². The van der Waals surface area contributed by atoms with Gasteiger partial charge >= 0.3 is 0 Å². The first-order chi connectivity index (χ1) is 14.8. The minimum atomic E-state index is 0.855. The van der Waals surface area contributed by atoms with Crippen molar-refractivity contribution < 1.29 is 0 Å². The van der Waals surface area contributed by atoms with Crippen LogP contribution in [-0.4, -0.2) is 19.7 Å².